The van der Waals surface area contributed by atoms with E-state index >= 15 is 0 Å². The summed E-state index contributed by atoms with van der Waals surface area (Å²) in [5.41, 5.74) is 7.76. The third-order valence-electron chi connectivity index (χ3n) is 6.68. The minimum Gasteiger partial charge on any atom is -0.449 e. The highest BCUT2D eigenvalue weighted by atomic mass is 16.5. The van der Waals surface area contributed by atoms with Crippen LogP contribution in [0.2, 0.25) is 0 Å². The Morgan fingerprint density at radius 3 is 1.95 bits per heavy atom. The molecule has 1 aromatic heterocycles. The van der Waals surface area contributed by atoms with Crippen LogP contribution in [0.1, 0.15) is 34.8 Å². The predicted octanol–water partition coefficient (Wildman–Crippen LogP) is 7.15. The van der Waals surface area contributed by atoms with Gasteiger partial charge in [-0.15, -0.1) is 0 Å². The molecule has 0 aliphatic carbocycles. The fourth-order valence-electron chi connectivity index (χ4n) is 4.34. The molecule has 0 fully saturated rings. The lowest BCUT2D eigenvalue weighted by atomic mass is 10.0. The van der Waals surface area contributed by atoms with Crippen molar-refractivity contribution < 1.29 is 14.3 Å². The van der Waals surface area contributed by atoms with Gasteiger partial charge in [0.15, 0.2) is 6.10 Å². The maximum absolute atomic E-state index is 13.1. The Kier molecular flexibility index (Phi) is 7.46. The van der Waals surface area contributed by atoms with Crippen LogP contribution in [0.15, 0.2) is 97.1 Å². The van der Waals surface area contributed by atoms with E-state index in [1.807, 2.05) is 92.7 Å². The van der Waals surface area contributed by atoms with E-state index in [2.05, 4.69) is 5.32 Å². The normalized spacial score (nSPS) is 11.7. The lowest BCUT2D eigenvalue weighted by molar-refractivity contribution is -0.124. The average molecular weight is 516 g/mol. The van der Waals surface area contributed by atoms with E-state index in [0.29, 0.717) is 28.7 Å². The van der Waals surface area contributed by atoms with E-state index in [1.165, 1.54) is 0 Å². The number of benzene rings is 4. The topological polar surface area (TPSA) is 81.2 Å². The number of esters is 1. The van der Waals surface area contributed by atoms with E-state index in [9.17, 15) is 9.59 Å². The van der Waals surface area contributed by atoms with E-state index in [0.717, 1.165) is 33.6 Å². The Bertz CT molecular complexity index is 1650. The Hall–Kier alpha value is -4.84. The van der Waals surface area contributed by atoms with Crippen LogP contribution in [0.25, 0.3) is 33.5 Å². The maximum atomic E-state index is 13.1. The molecule has 5 rings (SSSR count). The summed E-state index contributed by atoms with van der Waals surface area (Å²) in [6.45, 7) is 5.80. The Morgan fingerprint density at radius 1 is 0.744 bits per heavy atom. The number of nitrogens with zero attached hydrogens (tertiary/aromatic N) is 2. The van der Waals surface area contributed by atoms with Crippen LogP contribution in [0.4, 0.5) is 5.69 Å². The van der Waals surface area contributed by atoms with Crippen molar-refractivity contribution in [2.75, 3.05) is 5.32 Å². The Balaban J connectivity index is 1.43. The van der Waals surface area contributed by atoms with Crippen LogP contribution in [0.3, 0.4) is 0 Å². The first-order chi connectivity index (χ1) is 18.9. The van der Waals surface area contributed by atoms with Gasteiger partial charge in [0.25, 0.3) is 5.91 Å². The van der Waals surface area contributed by atoms with Crippen molar-refractivity contribution in [2.45, 2.75) is 33.3 Å². The van der Waals surface area contributed by atoms with Gasteiger partial charge in [-0.2, -0.15) is 0 Å². The zero-order chi connectivity index (χ0) is 27.4. The summed E-state index contributed by atoms with van der Waals surface area (Å²) in [7, 11) is 0. The monoisotopic (exact) mass is 515 g/mol. The second-order valence-electron chi connectivity index (χ2n) is 9.45. The first-order valence-corrected chi connectivity index (χ1v) is 12.9. The van der Waals surface area contributed by atoms with Crippen molar-refractivity contribution in [3.8, 4) is 22.5 Å². The number of hydrogen-bond acceptors (Lipinski definition) is 5. The third kappa shape index (κ3) is 5.70. The standard InChI is InChI=1S/C33H29N3O3/c1-4-29(32(37)34-26-17-15-21(2)22(3)19-26)39-33(38)25-16-18-27-28(20-25)36-31(24-13-9-6-10-14-24)30(35-27)23-11-7-5-8-12-23/h5-20,29H,4H2,1-3H3,(H,34,37). The molecule has 0 radical (unpaired) electrons. The molecule has 0 saturated heterocycles. The fourth-order valence-corrected chi connectivity index (χ4v) is 4.34. The van der Waals surface area contributed by atoms with Crippen LogP contribution in [-0.2, 0) is 9.53 Å². The molecule has 0 bridgehead atoms. The summed E-state index contributed by atoms with van der Waals surface area (Å²) < 4.78 is 5.63. The smallest absolute Gasteiger partial charge is 0.338 e. The number of nitrogens with one attached hydrogen (secondary N) is 1. The number of rotatable bonds is 7. The average Bonchev–Trinajstić information content (AvgIpc) is 2.97. The molecule has 6 nitrogen and oxygen atoms in total. The van der Waals surface area contributed by atoms with Crippen molar-refractivity contribution in [3.63, 3.8) is 0 Å². The molecule has 1 unspecified atom stereocenters. The second-order valence-corrected chi connectivity index (χ2v) is 9.45. The number of carbonyl (C=O) groups excluding carboxylic acids is 2. The number of aryl methyl sites for hydroxylation is 2. The lowest BCUT2D eigenvalue weighted by Crippen LogP contribution is -2.32. The highest BCUT2D eigenvalue weighted by Crippen LogP contribution is 2.31. The summed E-state index contributed by atoms with van der Waals surface area (Å²) in [5.74, 6) is -0.956. The number of anilines is 1. The lowest BCUT2D eigenvalue weighted by Gasteiger charge is -2.17. The van der Waals surface area contributed by atoms with Gasteiger partial charge in [-0.25, -0.2) is 14.8 Å². The molecule has 1 heterocycles. The molecular weight excluding hydrogens is 486 g/mol. The van der Waals surface area contributed by atoms with Crippen molar-refractivity contribution in [1.29, 1.82) is 0 Å². The molecular formula is C33H29N3O3. The predicted molar refractivity (Wildman–Crippen MR) is 154 cm³/mol. The SMILES string of the molecule is CCC(OC(=O)c1ccc2nc(-c3ccccc3)c(-c3ccccc3)nc2c1)C(=O)Nc1ccc(C)c(C)c1. The molecule has 5 aromatic rings. The van der Waals surface area contributed by atoms with E-state index in [-0.39, 0.29) is 5.91 Å². The van der Waals surface area contributed by atoms with Gasteiger partial charge in [-0.1, -0.05) is 73.7 Å². The molecule has 0 aliphatic heterocycles. The van der Waals surface area contributed by atoms with E-state index in [4.69, 9.17) is 14.7 Å². The number of fused-ring (bicyclic) bond motifs is 1. The van der Waals surface area contributed by atoms with Crippen LogP contribution in [-0.4, -0.2) is 27.9 Å². The third-order valence-corrected chi connectivity index (χ3v) is 6.68. The quantitative estimate of drug-likeness (QED) is 0.233. The minimum absolute atomic E-state index is 0.306. The van der Waals surface area contributed by atoms with Gasteiger partial charge < -0.3 is 10.1 Å². The highest BCUT2D eigenvalue weighted by Gasteiger charge is 2.23. The molecule has 1 atom stereocenters. The first kappa shape index (κ1) is 25.8. The largest absolute Gasteiger partial charge is 0.449 e. The first-order valence-electron chi connectivity index (χ1n) is 12.9. The number of aromatic nitrogens is 2. The summed E-state index contributed by atoms with van der Waals surface area (Å²) in [4.78, 5) is 35.8. The highest BCUT2D eigenvalue weighted by molar-refractivity contribution is 5.99. The summed E-state index contributed by atoms with van der Waals surface area (Å²) in [6, 6.07) is 30.5. The van der Waals surface area contributed by atoms with Gasteiger partial charge in [-0.05, 0) is 61.7 Å². The van der Waals surface area contributed by atoms with Crippen LogP contribution >= 0.6 is 0 Å². The van der Waals surface area contributed by atoms with Crippen LogP contribution in [0, 0.1) is 13.8 Å². The maximum Gasteiger partial charge on any atom is 0.338 e. The zero-order valence-electron chi connectivity index (χ0n) is 22.1. The van der Waals surface area contributed by atoms with Gasteiger partial charge in [-0.3, -0.25) is 4.79 Å². The number of hydrogen-bond donors (Lipinski definition) is 1. The van der Waals surface area contributed by atoms with Gasteiger partial charge in [0.1, 0.15) is 0 Å². The summed E-state index contributed by atoms with van der Waals surface area (Å²) in [6.07, 6.45) is -0.588. The van der Waals surface area contributed by atoms with E-state index in [1.54, 1.807) is 25.1 Å². The number of ether oxygens (including phenoxy) is 1. The van der Waals surface area contributed by atoms with Gasteiger partial charge in [0.05, 0.1) is 28.0 Å². The number of amides is 1. The van der Waals surface area contributed by atoms with Crippen LogP contribution in [0.5, 0.6) is 0 Å². The molecule has 4 aromatic carbocycles. The molecule has 0 spiro atoms. The van der Waals surface area contributed by atoms with Crippen molar-refractivity contribution in [3.05, 3.63) is 114 Å². The summed E-state index contributed by atoms with van der Waals surface area (Å²) >= 11 is 0. The molecule has 194 valence electrons. The molecule has 0 aliphatic rings. The fraction of sp³-hybridized carbons (Fsp3) is 0.152. The van der Waals surface area contributed by atoms with Crippen LogP contribution < -0.4 is 5.32 Å². The van der Waals surface area contributed by atoms with Crippen molar-refractivity contribution >= 4 is 28.6 Å². The Morgan fingerprint density at radius 2 is 1.36 bits per heavy atom. The number of carbonyl (C=O) groups is 2. The van der Waals surface area contributed by atoms with Gasteiger partial charge in [0, 0.05) is 16.8 Å². The molecule has 0 saturated carbocycles. The minimum atomic E-state index is -0.929. The second kappa shape index (κ2) is 11.3. The Labute approximate surface area is 227 Å². The van der Waals surface area contributed by atoms with E-state index < -0.39 is 12.1 Å². The molecule has 6 heteroatoms. The molecule has 1 N–H and O–H groups in total. The van der Waals surface area contributed by atoms with Gasteiger partial charge in [0.2, 0.25) is 0 Å². The van der Waals surface area contributed by atoms with Crippen molar-refractivity contribution in [1.82, 2.24) is 9.97 Å². The molecule has 39 heavy (non-hydrogen) atoms. The molecule has 1 amide bonds. The van der Waals surface area contributed by atoms with Gasteiger partial charge >= 0.3 is 5.97 Å². The zero-order valence-corrected chi connectivity index (χ0v) is 22.1. The van der Waals surface area contributed by atoms with Crippen molar-refractivity contribution in [2.24, 2.45) is 0 Å². The summed E-state index contributed by atoms with van der Waals surface area (Å²) in [5, 5.41) is 2.86.